The number of carbonyl (C=O) groups is 1. The van der Waals surface area contributed by atoms with Gasteiger partial charge in [0.25, 0.3) is 0 Å². The summed E-state index contributed by atoms with van der Waals surface area (Å²) >= 11 is 0. The average Bonchev–Trinajstić information content (AvgIpc) is 2.31. The first-order chi connectivity index (χ1) is 8.45. The van der Waals surface area contributed by atoms with Crippen molar-refractivity contribution in [2.45, 2.75) is 12.5 Å². The average molecular weight is 253 g/mol. The lowest BCUT2D eigenvalue weighted by Gasteiger charge is -2.10. The van der Waals surface area contributed by atoms with Crippen LogP contribution in [0.5, 0.6) is 0 Å². The van der Waals surface area contributed by atoms with Crippen LogP contribution in [0.2, 0.25) is 0 Å². The van der Waals surface area contributed by atoms with E-state index in [4.69, 9.17) is 5.73 Å². The number of hydrogen-bond donors (Lipinski definition) is 2. The second-order valence-electron chi connectivity index (χ2n) is 3.54. The number of benzene rings is 1. The molecule has 7 heteroatoms. The fourth-order valence-electron chi connectivity index (χ4n) is 1.25. The number of hydrogen-bond acceptors (Lipinski definition) is 4. The van der Waals surface area contributed by atoms with Crippen molar-refractivity contribution in [2.24, 2.45) is 5.73 Å². The van der Waals surface area contributed by atoms with E-state index in [1.165, 1.54) is 12.1 Å². The molecule has 18 heavy (non-hydrogen) atoms. The van der Waals surface area contributed by atoms with Crippen molar-refractivity contribution in [3.8, 4) is 0 Å². The molecule has 1 unspecified atom stereocenters. The van der Waals surface area contributed by atoms with Crippen LogP contribution < -0.4 is 11.1 Å². The number of amides is 1. The third-order valence-corrected chi connectivity index (χ3v) is 2.17. The summed E-state index contributed by atoms with van der Waals surface area (Å²) < 4.78 is 13.0. The third-order valence-electron chi connectivity index (χ3n) is 2.17. The van der Waals surface area contributed by atoms with Crippen molar-refractivity contribution in [1.29, 1.82) is 0 Å². The number of nitrogens with one attached hydrogen (secondary N) is 1. The molecule has 0 fully saturated rings. The molecule has 1 amide bonds. The summed E-state index contributed by atoms with van der Waals surface area (Å²) in [4.78, 5) is 21.2. The maximum absolute atomic E-state index is 13.0. The highest BCUT2D eigenvalue weighted by atomic mass is 19.1. The van der Waals surface area contributed by atoms with Gasteiger partial charge in [-0.15, -0.1) is 6.58 Å². The summed E-state index contributed by atoms with van der Waals surface area (Å²) in [6, 6.07) is 2.27. The fraction of sp³-hybridized carbons (Fsp3) is 0.182. The molecule has 1 atom stereocenters. The van der Waals surface area contributed by atoms with E-state index >= 15 is 0 Å². The first-order valence-electron chi connectivity index (χ1n) is 5.07. The maximum atomic E-state index is 13.0. The second-order valence-corrected chi connectivity index (χ2v) is 3.54. The molecular weight excluding hydrogens is 241 g/mol. The maximum Gasteiger partial charge on any atom is 0.306 e. The minimum Gasteiger partial charge on any atom is -0.324 e. The molecule has 0 heterocycles. The molecule has 0 aliphatic heterocycles. The van der Waals surface area contributed by atoms with Gasteiger partial charge in [0, 0.05) is 11.8 Å². The van der Waals surface area contributed by atoms with Gasteiger partial charge in [0.15, 0.2) is 0 Å². The molecule has 1 aromatic carbocycles. The molecule has 96 valence electrons. The summed E-state index contributed by atoms with van der Waals surface area (Å²) in [5.41, 5.74) is 4.93. The zero-order chi connectivity index (χ0) is 13.7. The number of nitro benzene ring substituents is 1. The van der Waals surface area contributed by atoms with Crippen LogP contribution in [0.1, 0.15) is 6.42 Å². The van der Waals surface area contributed by atoms with Crippen LogP contribution in [0.25, 0.3) is 0 Å². The van der Waals surface area contributed by atoms with Crippen LogP contribution in [0.15, 0.2) is 30.9 Å². The van der Waals surface area contributed by atoms with Crippen LogP contribution >= 0.6 is 0 Å². The Morgan fingerprint density at radius 2 is 2.33 bits per heavy atom. The zero-order valence-electron chi connectivity index (χ0n) is 9.43. The van der Waals surface area contributed by atoms with Gasteiger partial charge in [-0.2, -0.15) is 4.39 Å². The minimum absolute atomic E-state index is 0.118. The predicted molar refractivity (Wildman–Crippen MR) is 64.5 cm³/mol. The standard InChI is InChI=1S/C11H12FN3O3/c1-2-3-9(13)11(16)14-7-4-5-8(12)10(6-7)15(17)18/h2,4-6,9H,1,3,13H2,(H,14,16). The number of nitrogens with zero attached hydrogens (tertiary/aromatic N) is 1. The van der Waals surface area contributed by atoms with Crippen molar-refractivity contribution in [1.82, 2.24) is 0 Å². The van der Waals surface area contributed by atoms with Crippen LogP contribution in [-0.4, -0.2) is 16.9 Å². The van der Waals surface area contributed by atoms with E-state index in [2.05, 4.69) is 11.9 Å². The van der Waals surface area contributed by atoms with Crippen molar-refractivity contribution >= 4 is 17.3 Å². The predicted octanol–water partition coefficient (Wildman–Crippen LogP) is 1.58. The zero-order valence-corrected chi connectivity index (χ0v) is 9.43. The lowest BCUT2D eigenvalue weighted by Crippen LogP contribution is -2.35. The molecule has 0 aliphatic carbocycles. The van der Waals surface area contributed by atoms with Gasteiger partial charge in [0.2, 0.25) is 11.7 Å². The van der Waals surface area contributed by atoms with E-state index in [9.17, 15) is 19.3 Å². The van der Waals surface area contributed by atoms with Gasteiger partial charge in [0.1, 0.15) is 0 Å². The van der Waals surface area contributed by atoms with Crippen molar-refractivity contribution in [2.75, 3.05) is 5.32 Å². The second kappa shape index (κ2) is 5.87. The Morgan fingerprint density at radius 3 is 2.89 bits per heavy atom. The third kappa shape index (κ3) is 3.36. The Balaban J connectivity index is 2.85. The van der Waals surface area contributed by atoms with Gasteiger partial charge >= 0.3 is 5.69 Å². The number of nitrogens with two attached hydrogens (primary N) is 1. The van der Waals surface area contributed by atoms with Gasteiger partial charge in [0.05, 0.1) is 11.0 Å². The monoisotopic (exact) mass is 253 g/mol. The molecule has 1 aromatic rings. The van der Waals surface area contributed by atoms with Gasteiger partial charge in [-0.05, 0) is 18.6 Å². The highest BCUT2D eigenvalue weighted by Crippen LogP contribution is 2.21. The van der Waals surface area contributed by atoms with E-state index in [0.717, 1.165) is 12.1 Å². The molecule has 0 radical (unpaired) electrons. The lowest BCUT2D eigenvalue weighted by atomic mass is 10.2. The van der Waals surface area contributed by atoms with Crippen LogP contribution in [-0.2, 0) is 4.79 Å². The minimum atomic E-state index is -0.964. The Hall–Kier alpha value is -2.28. The topological polar surface area (TPSA) is 98.3 Å². The Morgan fingerprint density at radius 1 is 1.67 bits per heavy atom. The summed E-state index contributed by atoms with van der Waals surface area (Å²) in [7, 11) is 0. The van der Waals surface area contributed by atoms with Crippen LogP contribution in [0.3, 0.4) is 0 Å². The molecule has 0 saturated carbocycles. The highest BCUT2D eigenvalue weighted by molar-refractivity contribution is 5.95. The highest BCUT2D eigenvalue weighted by Gasteiger charge is 2.17. The Kier molecular flexibility index (Phi) is 4.50. The summed E-state index contributed by atoms with van der Waals surface area (Å²) in [5.74, 6) is -1.48. The number of nitro groups is 1. The Bertz CT molecular complexity index is 490. The number of halogens is 1. The summed E-state index contributed by atoms with van der Waals surface area (Å²) in [6.07, 6.45) is 1.76. The van der Waals surface area contributed by atoms with Crippen LogP contribution in [0, 0.1) is 15.9 Å². The van der Waals surface area contributed by atoms with E-state index in [0.29, 0.717) is 0 Å². The van der Waals surface area contributed by atoms with Crippen LogP contribution in [0.4, 0.5) is 15.8 Å². The van der Waals surface area contributed by atoms with E-state index < -0.39 is 28.4 Å². The van der Waals surface area contributed by atoms with Gasteiger partial charge < -0.3 is 11.1 Å². The molecule has 0 spiro atoms. The molecular formula is C11H12FN3O3. The van der Waals surface area contributed by atoms with Crippen molar-refractivity contribution < 1.29 is 14.1 Å². The molecule has 6 nitrogen and oxygen atoms in total. The van der Waals surface area contributed by atoms with E-state index in [1.54, 1.807) is 0 Å². The van der Waals surface area contributed by atoms with Gasteiger partial charge in [-0.1, -0.05) is 6.08 Å². The van der Waals surface area contributed by atoms with Crippen molar-refractivity contribution in [3.63, 3.8) is 0 Å². The van der Waals surface area contributed by atoms with E-state index in [-0.39, 0.29) is 12.1 Å². The smallest absolute Gasteiger partial charge is 0.306 e. The van der Waals surface area contributed by atoms with E-state index in [1.807, 2.05) is 0 Å². The summed E-state index contributed by atoms with van der Waals surface area (Å²) in [5, 5.41) is 12.9. The number of carbonyl (C=O) groups excluding carboxylic acids is 1. The molecule has 0 aliphatic rings. The SMILES string of the molecule is C=CCC(N)C(=O)Nc1ccc(F)c([N+](=O)[O-])c1. The molecule has 0 bridgehead atoms. The number of anilines is 1. The van der Waals surface area contributed by atoms with Crippen molar-refractivity contribution in [3.05, 3.63) is 46.8 Å². The first kappa shape index (κ1) is 13.8. The molecule has 3 N–H and O–H groups in total. The lowest BCUT2D eigenvalue weighted by molar-refractivity contribution is -0.387. The van der Waals surface area contributed by atoms with Gasteiger partial charge in [-0.3, -0.25) is 14.9 Å². The fourth-order valence-corrected chi connectivity index (χ4v) is 1.25. The largest absolute Gasteiger partial charge is 0.324 e. The molecule has 0 aromatic heterocycles. The van der Waals surface area contributed by atoms with Gasteiger partial charge in [-0.25, -0.2) is 0 Å². The summed E-state index contributed by atoms with van der Waals surface area (Å²) in [6.45, 7) is 3.44. The quantitative estimate of drug-likeness (QED) is 0.472. The first-order valence-corrected chi connectivity index (χ1v) is 5.07. The molecule has 0 saturated heterocycles. The Labute approximate surface area is 102 Å². The number of rotatable bonds is 5. The molecule has 1 rings (SSSR count). The normalized spacial score (nSPS) is 11.7.